The number of nitrogens with zero attached hydrogens (tertiary/aromatic N) is 2. The van der Waals surface area contributed by atoms with Gasteiger partial charge in [0.15, 0.2) is 0 Å². The first-order chi connectivity index (χ1) is 6.49. The Balaban J connectivity index is 2.61. The lowest BCUT2D eigenvalue weighted by Crippen LogP contribution is -2.62. The summed E-state index contributed by atoms with van der Waals surface area (Å²) in [5, 5.41) is 2.02. The second-order valence-corrected chi connectivity index (χ2v) is 4.77. The SMILES string of the molecule is CC1CC(CN)(NN(C)C)CCN1C. The van der Waals surface area contributed by atoms with Crippen LogP contribution in [0.2, 0.25) is 0 Å². The first-order valence-corrected chi connectivity index (χ1v) is 5.34. The standard InChI is InChI=1S/C10H24N4/c1-9-7-10(8-11,12-13(2)3)5-6-14(9)4/h9,12H,5-8,11H2,1-4H3. The van der Waals surface area contributed by atoms with Crippen molar-refractivity contribution in [3.05, 3.63) is 0 Å². The minimum Gasteiger partial charge on any atom is -0.329 e. The summed E-state index contributed by atoms with van der Waals surface area (Å²) >= 11 is 0. The van der Waals surface area contributed by atoms with Gasteiger partial charge in [0.25, 0.3) is 0 Å². The summed E-state index contributed by atoms with van der Waals surface area (Å²) in [5.41, 5.74) is 9.47. The molecule has 2 atom stereocenters. The van der Waals surface area contributed by atoms with Crippen LogP contribution in [0.1, 0.15) is 19.8 Å². The number of piperidine rings is 1. The predicted molar refractivity (Wildman–Crippen MR) is 59.9 cm³/mol. The van der Waals surface area contributed by atoms with Crippen molar-refractivity contribution >= 4 is 0 Å². The van der Waals surface area contributed by atoms with Crippen LogP contribution in [-0.4, -0.2) is 55.7 Å². The van der Waals surface area contributed by atoms with Crippen LogP contribution in [0.25, 0.3) is 0 Å². The van der Waals surface area contributed by atoms with E-state index in [2.05, 4.69) is 24.3 Å². The zero-order valence-corrected chi connectivity index (χ0v) is 9.88. The molecule has 1 aliphatic rings. The maximum absolute atomic E-state index is 5.89. The molecular weight excluding hydrogens is 176 g/mol. The molecule has 0 aromatic carbocycles. The third-order valence-corrected chi connectivity index (χ3v) is 3.23. The van der Waals surface area contributed by atoms with Gasteiger partial charge in [-0.25, -0.2) is 5.43 Å². The van der Waals surface area contributed by atoms with Gasteiger partial charge in [-0.2, -0.15) is 0 Å². The quantitative estimate of drug-likeness (QED) is 0.623. The minimum atomic E-state index is 0.107. The van der Waals surface area contributed by atoms with Gasteiger partial charge in [-0.3, -0.25) is 5.01 Å². The van der Waals surface area contributed by atoms with Crippen LogP contribution in [0.15, 0.2) is 0 Å². The van der Waals surface area contributed by atoms with Gasteiger partial charge >= 0.3 is 0 Å². The normalized spacial score (nSPS) is 35.1. The number of hydrogen-bond donors (Lipinski definition) is 2. The highest BCUT2D eigenvalue weighted by atomic mass is 15.5. The molecule has 4 heteroatoms. The van der Waals surface area contributed by atoms with Crippen LogP contribution in [0.3, 0.4) is 0 Å². The predicted octanol–water partition coefficient (Wildman–Crippen LogP) is -0.136. The summed E-state index contributed by atoms with van der Waals surface area (Å²) in [5.74, 6) is 0. The van der Waals surface area contributed by atoms with Crippen molar-refractivity contribution in [2.24, 2.45) is 5.73 Å². The van der Waals surface area contributed by atoms with E-state index < -0.39 is 0 Å². The number of hydrazine groups is 1. The molecule has 0 aliphatic carbocycles. The van der Waals surface area contributed by atoms with Crippen molar-refractivity contribution in [3.63, 3.8) is 0 Å². The van der Waals surface area contributed by atoms with E-state index in [9.17, 15) is 0 Å². The molecule has 14 heavy (non-hydrogen) atoms. The lowest BCUT2D eigenvalue weighted by Gasteiger charge is -2.45. The fourth-order valence-electron chi connectivity index (χ4n) is 2.24. The Bertz CT molecular complexity index is 183. The van der Waals surface area contributed by atoms with E-state index in [0.29, 0.717) is 12.6 Å². The van der Waals surface area contributed by atoms with E-state index in [4.69, 9.17) is 5.73 Å². The third kappa shape index (κ3) is 2.67. The van der Waals surface area contributed by atoms with Crippen LogP contribution in [0.4, 0.5) is 0 Å². The highest BCUT2D eigenvalue weighted by molar-refractivity contribution is 4.95. The molecule has 1 rings (SSSR count). The smallest absolute Gasteiger partial charge is 0.0474 e. The van der Waals surface area contributed by atoms with E-state index in [1.54, 1.807) is 0 Å². The van der Waals surface area contributed by atoms with Crippen molar-refractivity contribution in [1.82, 2.24) is 15.3 Å². The van der Waals surface area contributed by atoms with Crippen molar-refractivity contribution in [2.45, 2.75) is 31.3 Å². The maximum Gasteiger partial charge on any atom is 0.0474 e. The first-order valence-electron chi connectivity index (χ1n) is 5.34. The van der Waals surface area contributed by atoms with Gasteiger partial charge in [0.1, 0.15) is 0 Å². The fourth-order valence-corrected chi connectivity index (χ4v) is 2.24. The second kappa shape index (κ2) is 4.57. The molecule has 0 spiro atoms. The zero-order valence-electron chi connectivity index (χ0n) is 9.88. The average molecular weight is 200 g/mol. The van der Waals surface area contributed by atoms with E-state index in [0.717, 1.165) is 19.4 Å². The largest absolute Gasteiger partial charge is 0.329 e. The van der Waals surface area contributed by atoms with Crippen LogP contribution >= 0.6 is 0 Å². The molecule has 1 aliphatic heterocycles. The summed E-state index contributed by atoms with van der Waals surface area (Å²) in [4.78, 5) is 2.39. The van der Waals surface area contributed by atoms with Crippen LogP contribution in [0.5, 0.6) is 0 Å². The Kier molecular flexibility index (Phi) is 3.89. The van der Waals surface area contributed by atoms with Gasteiger partial charge in [-0.1, -0.05) is 0 Å². The molecule has 0 radical (unpaired) electrons. The second-order valence-electron chi connectivity index (χ2n) is 4.77. The number of likely N-dealkylation sites (tertiary alicyclic amines) is 1. The molecule has 0 bridgehead atoms. The number of nitrogens with two attached hydrogens (primary N) is 1. The molecule has 0 saturated carbocycles. The van der Waals surface area contributed by atoms with Crippen molar-refractivity contribution in [2.75, 3.05) is 34.2 Å². The van der Waals surface area contributed by atoms with E-state index in [-0.39, 0.29) is 5.54 Å². The summed E-state index contributed by atoms with van der Waals surface area (Å²) < 4.78 is 0. The van der Waals surface area contributed by atoms with Gasteiger partial charge < -0.3 is 10.6 Å². The summed E-state index contributed by atoms with van der Waals surface area (Å²) in [7, 11) is 6.24. The van der Waals surface area contributed by atoms with E-state index >= 15 is 0 Å². The van der Waals surface area contributed by atoms with Gasteiger partial charge in [-0.05, 0) is 33.4 Å². The molecule has 1 heterocycles. The van der Waals surface area contributed by atoms with Gasteiger partial charge in [0.05, 0.1) is 0 Å². The monoisotopic (exact) mass is 200 g/mol. The molecule has 84 valence electrons. The van der Waals surface area contributed by atoms with Gasteiger partial charge in [-0.15, -0.1) is 0 Å². The van der Waals surface area contributed by atoms with Crippen LogP contribution in [0, 0.1) is 0 Å². The topological polar surface area (TPSA) is 44.5 Å². The number of nitrogens with one attached hydrogen (secondary N) is 1. The minimum absolute atomic E-state index is 0.107. The fraction of sp³-hybridized carbons (Fsp3) is 1.00. The molecule has 1 fully saturated rings. The summed E-state index contributed by atoms with van der Waals surface area (Å²) in [6.45, 7) is 4.10. The molecule has 0 amide bonds. The van der Waals surface area contributed by atoms with Gasteiger partial charge in [0, 0.05) is 32.2 Å². The van der Waals surface area contributed by atoms with Crippen LogP contribution in [-0.2, 0) is 0 Å². The Morgan fingerprint density at radius 2 is 2.21 bits per heavy atom. The van der Waals surface area contributed by atoms with Gasteiger partial charge in [0.2, 0.25) is 0 Å². The highest BCUT2D eigenvalue weighted by Crippen LogP contribution is 2.25. The lowest BCUT2D eigenvalue weighted by atomic mass is 9.84. The molecule has 1 saturated heterocycles. The molecule has 3 N–H and O–H groups in total. The summed E-state index contributed by atoms with van der Waals surface area (Å²) in [6.07, 6.45) is 2.25. The average Bonchev–Trinajstić information content (AvgIpc) is 2.11. The van der Waals surface area contributed by atoms with Crippen molar-refractivity contribution in [3.8, 4) is 0 Å². The Morgan fingerprint density at radius 1 is 1.57 bits per heavy atom. The molecule has 0 aromatic rings. The Labute approximate surface area is 87.4 Å². The number of hydrogen-bond acceptors (Lipinski definition) is 4. The van der Waals surface area contributed by atoms with Crippen LogP contribution < -0.4 is 11.2 Å². The highest BCUT2D eigenvalue weighted by Gasteiger charge is 2.36. The van der Waals surface area contributed by atoms with Crippen molar-refractivity contribution < 1.29 is 0 Å². The Hall–Kier alpha value is -0.160. The molecule has 2 unspecified atom stereocenters. The van der Waals surface area contributed by atoms with E-state index in [1.165, 1.54) is 0 Å². The summed E-state index contributed by atoms with van der Waals surface area (Å²) in [6, 6.07) is 0.611. The molecule has 0 aromatic heterocycles. The number of rotatable bonds is 3. The maximum atomic E-state index is 5.89. The first kappa shape index (κ1) is 11.9. The lowest BCUT2D eigenvalue weighted by molar-refractivity contribution is 0.0611. The zero-order chi connectivity index (χ0) is 10.8. The Morgan fingerprint density at radius 3 is 2.64 bits per heavy atom. The van der Waals surface area contributed by atoms with E-state index in [1.807, 2.05) is 19.1 Å². The third-order valence-electron chi connectivity index (χ3n) is 3.23. The van der Waals surface area contributed by atoms with Crippen molar-refractivity contribution in [1.29, 1.82) is 0 Å². The molecule has 4 nitrogen and oxygen atoms in total. The molecular formula is C10H24N4.